The summed E-state index contributed by atoms with van der Waals surface area (Å²) in [5.74, 6) is 0.632. The van der Waals surface area contributed by atoms with Crippen molar-refractivity contribution in [2.75, 3.05) is 0 Å². The Hall–Kier alpha value is -0.0131. The van der Waals surface area contributed by atoms with Gasteiger partial charge < -0.3 is 0 Å². The van der Waals surface area contributed by atoms with Crippen molar-refractivity contribution in [2.24, 2.45) is 5.92 Å². The van der Waals surface area contributed by atoms with Crippen LogP contribution in [0.4, 0.5) is 0 Å². The van der Waals surface area contributed by atoms with E-state index in [-0.39, 0.29) is 0 Å². The average molecular weight is 215 g/mol. The SMILES string of the molecule is CC1=CC(C(C)C)=CC1[Si](C)(C)Cl. The van der Waals surface area contributed by atoms with Crippen molar-refractivity contribution < 1.29 is 0 Å². The van der Waals surface area contributed by atoms with Gasteiger partial charge in [-0.2, -0.15) is 11.1 Å². The zero-order valence-corrected chi connectivity index (χ0v) is 10.9. The first-order valence-corrected chi connectivity index (χ1v) is 9.00. The van der Waals surface area contributed by atoms with Gasteiger partial charge in [-0.1, -0.05) is 44.7 Å². The van der Waals surface area contributed by atoms with Crippen LogP contribution in [0.3, 0.4) is 0 Å². The largest absolute Gasteiger partial charge is 0.167 e. The Morgan fingerprint density at radius 2 is 1.92 bits per heavy atom. The number of allylic oxidation sites excluding steroid dienone is 4. The third kappa shape index (κ3) is 2.47. The van der Waals surface area contributed by atoms with Gasteiger partial charge >= 0.3 is 0 Å². The molecule has 0 bridgehead atoms. The normalized spacial score (nSPS) is 23.5. The topological polar surface area (TPSA) is 0 Å². The summed E-state index contributed by atoms with van der Waals surface area (Å²) in [6.45, 7) is 11.1. The minimum atomic E-state index is -1.55. The molecule has 0 spiro atoms. The molecule has 0 aliphatic heterocycles. The molecule has 74 valence electrons. The zero-order chi connectivity index (χ0) is 10.2. The molecule has 0 heterocycles. The van der Waals surface area contributed by atoms with Crippen LogP contribution in [0, 0.1) is 5.92 Å². The van der Waals surface area contributed by atoms with Crippen molar-refractivity contribution in [3.63, 3.8) is 0 Å². The molecule has 1 aliphatic rings. The Morgan fingerprint density at radius 3 is 2.15 bits per heavy atom. The molecule has 0 N–H and O–H groups in total. The molecule has 0 aromatic heterocycles. The van der Waals surface area contributed by atoms with Crippen LogP contribution in [-0.4, -0.2) is 7.38 Å². The summed E-state index contributed by atoms with van der Waals surface area (Å²) in [5.41, 5.74) is 3.46. The summed E-state index contributed by atoms with van der Waals surface area (Å²) in [6, 6.07) is 0. The quantitative estimate of drug-likeness (QED) is 0.474. The van der Waals surface area contributed by atoms with E-state index >= 15 is 0 Å². The summed E-state index contributed by atoms with van der Waals surface area (Å²) in [5, 5.41) is 0. The minimum Gasteiger partial charge on any atom is -0.167 e. The molecule has 2 heteroatoms. The molecule has 1 atom stereocenters. The second kappa shape index (κ2) is 3.62. The fourth-order valence-corrected chi connectivity index (χ4v) is 4.28. The van der Waals surface area contributed by atoms with Crippen LogP contribution < -0.4 is 0 Å². The number of halogens is 1. The van der Waals surface area contributed by atoms with Gasteiger partial charge in [0.15, 0.2) is 7.38 Å². The van der Waals surface area contributed by atoms with Crippen LogP contribution in [0.1, 0.15) is 20.8 Å². The first-order valence-electron chi connectivity index (χ1n) is 4.91. The zero-order valence-electron chi connectivity index (χ0n) is 9.19. The molecular weight excluding hydrogens is 196 g/mol. The van der Waals surface area contributed by atoms with E-state index < -0.39 is 7.38 Å². The smallest absolute Gasteiger partial charge is 0.161 e. The molecule has 13 heavy (non-hydrogen) atoms. The van der Waals surface area contributed by atoms with Gasteiger partial charge in [0.05, 0.1) is 0 Å². The fraction of sp³-hybridized carbons (Fsp3) is 0.636. The summed E-state index contributed by atoms with van der Waals surface area (Å²) in [6.07, 6.45) is 4.69. The van der Waals surface area contributed by atoms with Crippen LogP contribution in [0.15, 0.2) is 23.3 Å². The van der Waals surface area contributed by atoms with E-state index in [1.807, 2.05) is 0 Å². The van der Waals surface area contributed by atoms with E-state index in [0.717, 1.165) is 0 Å². The maximum Gasteiger partial charge on any atom is 0.161 e. The Labute approximate surface area is 87.4 Å². The highest BCUT2D eigenvalue weighted by molar-refractivity contribution is 7.20. The summed E-state index contributed by atoms with van der Waals surface area (Å²) >= 11 is 6.46. The predicted molar refractivity (Wildman–Crippen MR) is 63.8 cm³/mol. The van der Waals surface area contributed by atoms with Gasteiger partial charge in [0.25, 0.3) is 0 Å². The monoisotopic (exact) mass is 214 g/mol. The second-order valence-electron chi connectivity index (χ2n) is 4.75. The van der Waals surface area contributed by atoms with Crippen molar-refractivity contribution in [2.45, 2.75) is 39.4 Å². The molecule has 0 fully saturated rings. The van der Waals surface area contributed by atoms with E-state index in [4.69, 9.17) is 11.1 Å². The lowest BCUT2D eigenvalue weighted by Gasteiger charge is -2.21. The molecule has 0 aromatic rings. The van der Waals surface area contributed by atoms with Gasteiger partial charge in [0, 0.05) is 5.54 Å². The summed E-state index contributed by atoms with van der Waals surface area (Å²) < 4.78 is 0. The number of rotatable bonds is 2. The lowest BCUT2D eigenvalue weighted by Crippen LogP contribution is -2.23. The van der Waals surface area contributed by atoms with Crippen molar-refractivity contribution in [3.8, 4) is 0 Å². The van der Waals surface area contributed by atoms with E-state index in [2.05, 4.69) is 46.0 Å². The van der Waals surface area contributed by atoms with Crippen LogP contribution >= 0.6 is 11.1 Å². The van der Waals surface area contributed by atoms with Gasteiger partial charge in [0.2, 0.25) is 0 Å². The predicted octanol–water partition coefficient (Wildman–Crippen LogP) is 4.34. The summed E-state index contributed by atoms with van der Waals surface area (Å²) in [7, 11) is -1.55. The number of hydrogen-bond acceptors (Lipinski definition) is 0. The van der Waals surface area contributed by atoms with E-state index in [1.54, 1.807) is 0 Å². The van der Waals surface area contributed by atoms with Gasteiger partial charge in [-0.15, -0.1) is 0 Å². The van der Waals surface area contributed by atoms with E-state index in [0.29, 0.717) is 11.5 Å². The van der Waals surface area contributed by atoms with Gasteiger partial charge in [-0.05, 0) is 18.4 Å². The van der Waals surface area contributed by atoms with Gasteiger partial charge in [-0.3, -0.25) is 0 Å². The maximum absolute atomic E-state index is 6.46. The molecule has 1 aliphatic carbocycles. The Kier molecular flexibility index (Phi) is 3.08. The Bertz CT molecular complexity index is 256. The van der Waals surface area contributed by atoms with Crippen molar-refractivity contribution in [1.82, 2.24) is 0 Å². The molecule has 1 unspecified atom stereocenters. The molecule has 0 radical (unpaired) electrons. The summed E-state index contributed by atoms with van der Waals surface area (Å²) in [4.78, 5) is 0. The van der Waals surface area contributed by atoms with Crippen LogP contribution in [0.5, 0.6) is 0 Å². The van der Waals surface area contributed by atoms with Crippen LogP contribution in [0.25, 0.3) is 0 Å². The van der Waals surface area contributed by atoms with Crippen molar-refractivity contribution in [1.29, 1.82) is 0 Å². The highest BCUT2D eigenvalue weighted by Crippen LogP contribution is 2.40. The average Bonchev–Trinajstić information content (AvgIpc) is 2.29. The molecule has 0 saturated carbocycles. The van der Waals surface area contributed by atoms with Crippen LogP contribution in [0.2, 0.25) is 18.6 Å². The lowest BCUT2D eigenvalue weighted by molar-refractivity contribution is 0.792. The highest BCUT2D eigenvalue weighted by atomic mass is 35.6. The molecule has 1 rings (SSSR count). The second-order valence-corrected chi connectivity index (χ2v) is 11.4. The molecule has 0 saturated heterocycles. The Balaban J connectivity index is 2.90. The fourth-order valence-electron chi connectivity index (χ4n) is 1.82. The van der Waals surface area contributed by atoms with Gasteiger partial charge in [-0.25, -0.2) is 0 Å². The van der Waals surface area contributed by atoms with Gasteiger partial charge in [0.1, 0.15) is 0 Å². The first-order chi connectivity index (χ1) is 5.82. The molecule has 0 amide bonds. The number of hydrogen-bond donors (Lipinski definition) is 0. The third-order valence-corrected chi connectivity index (χ3v) is 5.46. The minimum absolute atomic E-state index is 0.548. The van der Waals surface area contributed by atoms with Crippen molar-refractivity contribution >= 4 is 18.5 Å². The van der Waals surface area contributed by atoms with E-state index in [9.17, 15) is 0 Å². The highest BCUT2D eigenvalue weighted by Gasteiger charge is 2.32. The lowest BCUT2D eigenvalue weighted by atomic mass is 10.1. The van der Waals surface area contributed by atoms with Crippen LogP contribution in [-0.2, 0) is 0 Å². The molecular formula is C11H19ClSi. The maximum atomic E-state index is 6.46. The van der Waals surface area contributed by atoms with Crippen molar-refractivity contribution in [3.05, 3.63) is 23.3 Å². The van der Waals surface area contributed by atoms with E-state index in [1.165, 1.54) is 11.1 Å². The Morgan fingerprint density at radius 1 is 1.38 bits per heavy atom. The molecule has 0 aromatic carbocycles. The first kappa shape index (κ1) is 11.1. The third-order valence-electron chi connectivity index (χ3n) is 2.65. The molecule has 0 nitrogen and oxygen atoms in total. The standard InChI is InChI=1S/C11H19ClSi/c1-8(2)10-6-9(3)11(7-10)13(4,5)12/h6-8,11H,1-5H3.